The summed E-state index contributed by atoms with van der Waals surface area (Å²) < 4.78 is 67.0. The second-order valence-electron chi connectivity index (χ2n) is 6.05. The SMILES string of the molecule is O=c1c2ccccc2n2nc(-c3ccnc(C(F)(F)F)c3)cc2n1CC(F)F. The maximum absolute atomic E-state index is 13.0. The van der Waals surface area contributed by atoms with E-state index in [1.54, 1.807) is 18.2 Å². The zero-order valence-electron chi connectivity index (χ0n) is 14.0. The number of aromatic nitrogens is 4. The van der Waals surface area contributed by atoms with Gasteiger partial charge in [0, 0.05) is 17.8 Å². The zero-order valence-corrected chi connectivity index (χ0v) is 14.0. The Morgan fingerprint density at radius 2 is 1.82 bits per heavy atom. The third kappa shape index (κ3) is 3.00. The Labute approximate surface area is 153 Å². The number of benzene rings is 1. The molecule has 0 N–H and O–H groups in total. The lowest BCUT2D eigenvalue weighted by atomic mass is 10.1. The van der Waals surface area contributed by atoms with E-state index in [0.717, 1.165) is 16.8 Å². The zero-order chi connectivity index (χ0) is 20.1. The largest absolute Gasteiger partial charge is 0.433 e. The third-order valence-electron chi connectivity index (χ3n) is 4.24. The van der Waals surface area contributed by atoms with Crippen molar-refractivity contribution in [3.05, 3.63) is 64.7 Å². The number of hydrogen-bond acceptors (Lipinski definition) is 3. The van der Waals surface area contributed by atoms with Gasteiger partial charge >= 0.3 is 6.18 Å². The van der Waals surface area contributed by atoms with Gasteiger partial charge in [0.25, 0.3) is 12.0 Å². The van der Waals surface area contributed by atoms with Crippen molar-refractivity contribution in [2.45, 2.75) is 19.1 Å². The predicted molar refractivity (Wildman–Crippen MR) is 91.2 cm³/mol. The average molecular weight is 394 g/mol. The average Bonchev–Trinajstić information content (AvgIpc) is 3.10. The summed E-state index contributed by atoms with van der Waals surface area (Å²) in [5, 5.41) is 4.44. The van der Waals surface area contributed by atoms with Crippen molar-refractivity contribution >= 4 is 16.6 Å². The van der Waals surface area contributed by atoms with E-state index in [0.29, 0.717) is 5.52 Å². The van der Waals surface area contributed by atoms with Gasteiger partial charge in [-0.1, -0.05) is 12.1 Å². The van der Waals surface area contributed by atoms with Crippen molar-refractivity contribution in [1.82, 2.24) is 19.2 Å². The number of fused-ring (bicyclic) bond motifs is 3. The van der Waals surface area contributed by atoms with Gasteiger partial charge in [-0.3, -0.25) is 14.3 Å². The summed E-state index contributed by atoms with van der Waals surface area (Å²) in [5.41, 5.74) is -1.09. The first kappa shape index (κ1) is 18.1. The number of halogens is 5. The number of rotatable bonds is 3. The molecule has 0 aliphatic rings. The molecule has 0 atom stereocenters. The fourth-order valence-electron chi connectivity index (χ4n) is 3.03. The van der Waals surface area contributed by atoms with Gasteiger partial charge in [-0.05, 0) is 24.3 Å². The standard InChI is InChI=1S/C18H11F5N4O/c19-15(20)9-26-16-8-12(10-5-6-24-14(7-10)18(21,22)23)25-27(16)13-4-2-1-3-11(13)17(26)28/h1-8,15H,9H2. The van der Waals surface area contributed by atoms with E-state index in [-0.39, 0.29) is 22.3 Å². The highest BCUT2D eigenvalue weighted by molar-refractivity contribution is 5.81. The molecule has 3 aromatic heterocycles. The molecule has 0 bridgehead atoms. The molecule has 10 heteroatoms. The summed E-state index contributed by atoms with van der Waals surface area (Å²) >= 11 is 0. The molecule has 0 unspecified atom stereocenters. The van der Waals surface area contributed by atoms with E-state index in [4.69, 9.17) is 0 Å². The van der Waals surface area contributed by atoms with Crippen molar-refractivity contribution in [1.29, 1.82) is 0 Å². The number of para-hydroxylation sites is 1. The molecular formula is C18H11F5N4O. The van der Waals surface area contributed by atoms with Crippen LogP contribution in [0.4, 0.5) is 22.0 Å². The number of alkyl halides is 5. The molecule has 1 aromatic carbocycles. The minimum absolute atomic E-state index is 0.0596. The van der Waals surface area contributed by atoms with Crippen molar-refractivity contribution in [2.75, 3.05) is 0 Å². The summed E-state index contributed by atoms with van der Waals surface area (Å²) in [6.07, 6.45) is -6.44. The van der Waals surface area contributed by atoms with Gasteiger partial charge in [0.1, 0.15) is 11.3 Å². The first-order valence-electron chi connectivity index (χ1n) is 8.09. The number of nitrogens with zero attached hydrogens (tertiary/aromatic N) is 4. The quantitative estimate of drug-likeness (QED) is 0.494. The topological polar surface area (TPSA) is 52.2 Å². The molecule has 0 saturated carbocycles. The van der Waals surface area contributed by atoms with Gasteiger partial charge in [0.05, 0.1) is 23.1 Å². The van der Waals surface area contributed by atoms with Gasteiger partial charge in [0.15, 0.2) is 0 Å². The van der Waals surface area contributed by atoms with Crippen LogP contribution in [0.15, 0.2) is 53.5 Å². The Balaban J connectivity index is 2.01. The maximum Gasteiger partial charge on any atom is 0.433 e. The molecular weight excluding hydrogens is 383 g/mol. The Kier molecular flexibility index (Phi) is 4.13. The van der Waals surface area contributed by atoms with Crippen molar-refractivity contribution in [3.63, 3.8) is 0 Å². The minimum Gasteiger partial charge on any atom is -0.287 e. The predicted octanol–water partition coefficient (Wildman–Crippen LogP) is 4.00. The Morgan fingerprint density at radius 3 is 2.54 bits per heavy atom. The van der Waals surface area contributed by atoms with Gasteiger partial charge in [-0.15, -0.1) is 0 Å². The van der Waals surface area contributed by atoms with Crippen LogP contribution >= 0.6 is 0 Å². The third-order valence-corrected chi connectivity index (χ3v) is 4.24. The molecule has 0 radical (unpaired) electrons. The molecule has 0 spiro atoms. The molecule has 0 fully saturated rings. The Morgan fingerprint density at radius 1 is 1.07 bits per heavy atom. The molecule has 0 amide bonds. The van der Waals surface area contributed by atoms with E-state index in [9.17, 15) is 26.7 Å². The second-order valence-corrected chi connectivity index (χ2v) is 6.05. The molecule has 4 rings (SSSR count). The van der Waals surface area contributed by atoms with Crippen LogP contribution in [0.2, 0.25) is 0 Å². The highest BCUT2D eigenvalue weighted by Gasteiger charge is 2.32. The molecule has 28 heavy (non-hydrogen) atoms. The van der Waals surface area contributed by atoms with Gasteiger partial charge in [0.2, 0.25) is 0 Å². The summed E-state index contributed by atoms with van der Waals surface area (Å²) in [6, 6.07) is 9.76. The van der Waals surface area contributed by atoms with E-state index in [1.165, 1.54) is 22.7 Å². The molecule has 144 valence electrons. The van der Waals surface area contributed by atoms with Crippen LogP contribution in [0.3, 0.4) is 0 Å². The Bertz CT molecular complexity index is 1240. The molecule has 0 aliphatic carbocycles. The van der Waals surface area contributed by atoms with Crippen LogP contribution in [0.25, 0.3) is 27.8 Å². The number of pyridine rings is 1. The molecule has 4 aromatic rings. The Hall–Kier alpha value is -3.30. The first-order chi connectivity index (χ1) is 13.3. The van der Waals surface area contributed by atoms with Crippen LogP contribution in [0.1, 0.15) is 5.69 Å². The van der Waals surface area contributed by atoms with Crippen LogP contribution in [0, 0.1) is 0 Å². The highest BCUT2D eigenvalue weighted by Crippen LogP contribution is 2.30. The van der Waals surface area contributed by atoms with Gasteiger partial charge < -0.3 is 0 Å². The summed E-state index contributed by atoms with van der Waals surface area (Å²) in [5.74, 6) is 0. The van der Waals surface area contributed by atoms with Crippen LogP contribution in [0.5, 0.6) is 0 Å². The summed E-state index contributed by atoms with van der Waals surface area (Å²) in [6.45, 7) is -0.859. The van der Waals surface area contributed by atoms with E-state index >= 15 is 0 Å². The lowest BCUT2D eigenvalue weighted by Gasteiger charge is -2.10. The van der Waals surface area contributed by atoms with E-state index in [2.05, 4.69) is 10.1 Å². The fourth-order valence-corrected chi connectivity index (χ4v) is 3.03. The lowest BCUT2D eigenvalue weighted by Crippen LogP contribution is -2.25. The molecule has 0 saturated heterocycles. The lowest BCUT2D eigenvalue weighted by molar-refractivity contribution is -0.141. The van der Waals surface area contributed by atoms with Crippen molar-refractivity contribution in [2.24, 2.45) is 0 Å². The molecule has 0 aliphatic heterocycles. The number of hydrogen-bond donors (Lipinski definition) is 0. The summed E-state index contributed by atoms with van der Waals surface area (Å²) in [4.78, 5) is 15.9. The van der Waals surface area contributed by atoms with Gasteiger partial charge in [-0.25, -0.2) is 13.3 Å². The smallest absolute Gasteiger partial charge is 0.287 e. The second kappa shape index (κ2) is 6.39. The normalized spacial score (nSPS) is 12.4. The fraction of sp³-hybridized carbons (Fsp3) is 0.167. The highest BCUT2D eigenvalue weighted by atomic mass is 19.4. The van der Waals surface area contributed by atoms with Crippen molar-refractivity contribution < 1.29 is 22.0 Å². The summed E-state index contributed by atoms with van der Waals surface area (Å²) in [7, 11) is 0. The maximum atomic E-state index is 13.0. The molecule has 3 heterocycles. The van der Waals surface area contributed by atoms with Crippen LogP contribution in [-0.4, -0.2) is 25.6 Å². The van der Waals surface area contributed by atoms with E-state index < -0.39 is 30.4 Å². The van der Waals surface area contributed by atoms with Crippen LogP contribution < -0.4 is 5.56 Å². The van der Waals surface area contributed by atoms with Crippen molar-refractivity contribution in [3.8, 4) is 11.3 Å². The minimum atomic E-state index is -4.64. The first-order valence-corrected chi connectivity index (χ1v) is 8.09. The van der Waals surface area contributed by atoms with Gasteiger partial charge in [-0.2, -0.15) is 18.3 Å². The monoisotopic (exact) mass is 394 g/mol. The molecule has 5 nitrogen and oxygen atoms in total. The van der Waals surface area contributed by atoms with Crippen LogP contribution in [-0.2, 0) is 12.7 Å². The van der Waals surface area contributed by atoms with E-state index in [1.807, 2.05) is 0 Å².